The molecule has 0 aliphatic heterocycles. The van der Waals surface area contributed by atoms with E-state index in [-0.39, 0.29) is 13.0 Å². The van der Waals surface area contributed by atoms with Crippen molar-refractivity contribution < 1.29 is 19.4 Å². The molecule has 0 aliphatic carbocycles. The van der Waals surface area contributed by atoms with Gasteiger partial charge < -0.3 is 14.6 Å². The number of ether oxygens (including phenoxy) is 2. The van der Waals surface area contributed by atoms with Crippen molar-refractivity contribution in [2.24, 2.45) is 0 Å². The summed E-state index contributed by atoms with van der Waals surface area (Å²) in [6.45, 7) is 0.285. The van der Waals surface area contributed by atoms with E-state index in [0.29, 0.717) is 18.0 Å². The summed E-state index contributed by atoms with van der Waals surface area (Å²) >= 11 is 0. The molecule has 1 N–H and O–H groups in total. The van der Waals surface area contributed by atoms with Crippen LogP contribution in [0.3, 0.4) is 0 Å². The Morgan fingerprint density at radius 3 is 2.52 bits per heavy atom. The molecular weight excluding hydrogens is 344 g/mol. The number of aliphatic carboxylic acids is 1. The third kappa shape index (κ3) is 5.04. The Morgan fingerprint density at radius 2 is 1.85 bits per heavy atom. The van der Waals surface area contributed by atoms with Crippen LogP contribution in [0, 0.1) is 0 Å². The van der Waals surface area contributed by atoms with Gasteiger partial charge in [0, 0.05) is 18.7 Å². The smallest absolute Gasteiger partial charge is 0.303 e. The third-order valence-electron chi connectivity index (χ3n) is 3.94. The predicted molar refractivity (Wildman–Crippen MR) is 102 cm³/mol. The largest absolute Gasteiger partial charge is 0.497 e. The van der Waals surface area contributed by atoms with E-state index >= 15 is 0 Å². The van der Waals surface area contributed by atoms with E-state index in [2.05, 4.69) is 9.97 Å². The van der Waals surface area contributed by atoms with E-state index < -0.39 is 5.97 Å². The van der Waals surface area contributed by atoms with Gasteiger partial charge in [-0.25, -0.2) is 4.98 Å². The molecule has 3 rings (SSSR count). The molecule has 0 saturated carbocycles. The number of carbonyl (C=O) groups is 1. The molecule has 0 atom stereocenters. The van der Waals surface area contributed by atoms with E-state index in [9.17, 15) is 4.79 Å². The molecule has 2 aromatic heterocycles. The number of hydrogen-bond donors (Lipinski definition) is 1. The van der Waals surface area contributed by atoms with Crippen molar-refractivity contribution in [2.45, 2.75) is 12.8 Å². The van der Waals surface area contributed by atoms with Gasteiger partial charge in [0.05, 0.1) is 25.1 Å². The number of carboxylic acids is 1. The SMILES string of the molecule is COc1ccc(-c2cc(OCCCC(=O)O)nc(-c3ccccn3)c2)cc1. The number of pyridine rings is 2. The first kappa shape index (κ1) is 18.4. The van der Waals surface area contributed by atoms with E-state index in [1.807, 2.05) is 54.6 Å². The van der Waals surface area contributed by atoms with Crippen molar-refractivity contribution >= 4 is 5.97 Å². The third-order valence-corrected chi connectivity index (χ3v) is 3.94. The van der Waals surface area contributed by atoms with E-state index in [4.69, 9.17) is 14.6 Å². The Labute approximate surface area is 157 Å². The summed E-state index contributed by atoms with van der Waals surface area (Å²) in [6.07, 6.45) is 2.19. The van der Waals surface area contributed by atoms with Gasteiger partial charge in [-0.3, -0.25) is 9.78 Å². The Kier molecular flexibility index (Phi) is 5.99. The summed E-state index contributed by atoms with van der Waals surface area (Å²) in [5.41, 5.74) is 3.35. The Bertz CT molecular complexity index is 896. The quantitative estimate of drug-likeness (QED) is 0.607. The molecule has 0 radical (unpaired) electrons. The zero-order chi connectivity index (χ0) is 19.1. The Morgan fingerprint density at radius 1 is 1.04 bits per heavy atom. The van der Waals surface area contributed by atoms with Gasteiger partial charge in [-0.1, -0.05) is 18.2 Å². The summed E-state index contributed by atoms with van der Waals surface area (Å²) < 4.78 is 10.9. The molecule has 2 heterocycles. The van der Waals surface area contributed by atoms with Crippen molar-refractivity contribution in [3.8, 4) is 34.1 Å². The van der Waals surface area contributed by atoms with Crippen molar-refractivity contribution in [1.29, 1.82) is 0 Å². The summed E-state index contributed by atoms with van der Waals surface area (Å²) in [5, 5.41) is 8.75. The van der Waals surface area contributed by atoms with Gasteiger partial charge in [0.1, 0.15) is 5.75 Å². The van der Waals surface area contributed by atoms with Crippen LogP contribution in [0.1, 0.15) is 12.8 Å². The molecule has 0 spiro atoms. The molecule has 27 heavy (non-hydrogen) atoms. The topological polar surface area (TPSA) is 81.5 Å². The van der Waals surface area contributed by atoms with E-state index in [0.717, 1.165) is 22.6 Å². The number of aromatic nitrogens is 2. The van der Waals surface area contributed by atoms with Gasteiger partial charge in [0.25, 0.3) is 0 Å². The molecule has 0 unspecified atom stereocenters. The second-order valence-electron chi connectivity index (χ2n) is 5.87. The highest BCUT2D eigenvalue weighted by Gasteiger charge is 2.09. The molecule has 138 valence electrons. The monoisotopic (exact) mass is 364 g/mol. The molecule has 0 amide bonds. The molecular formula is C21H20N2O4. The van der Waals surface area contributed by atoms with Gasteiger partial charge in [-0.05, 0) is 47.9 Å². The first-order chi connectivity index (χ1) is 13.2. The van der Waals surface area contributed by atoms with Crippen LogP contribution in [0.25, 0.3) is 22.5 Å². The summed E-state index contributed by atoms with van der Waals surface area (Å²) in [5.74, 6) is 0.380. The number of methoxy groups -OCH3 is 1. The number of hydrogen-bond acceptors (Lipinski definition) is 5. The zero-order valence-electron chi connectivity index (χ0n) is 15.0. The summed E-state index contributed by atoms with van der Waals surface area (Å²) in [4.78, 5) is 19.5. The van der Waals surface area contributed by atoms with Crippen molar-refractivity contribution in [3.63, 3.8) is 0 Å². The second kappa shape index (κ2) is 8.80. The van der Waals surface area contributed by atoms with Crippen molar-refractivity contribution in [1.82, 2.24) is 9.97 Å². The van der Waals surface area contributed by atoms with Crippen molar-refractivity contribution in [3.05, 3.63) is 60.8 Å². The van der Waals surface area contributed by atoms with Gasteiger partial charge in [0.15, 0.2) is 0 Å². The van der Waals surface area contributed by atoms with Crippen LogP contribution >= 0.6 is 0 Å². The fourth-order valence-electron chi connectivity index (χ4n) is 2.57. The second-order valence-corrected chi connectivity index (χ2v) is 5.87. The first-order valence-electron chi connectivity index (χ1n) is 8.58. The maximum atomic E-state index is 10.7. The molecule has 3 aromatic rings. The normalized spacial score (nSPS) is 10.4. The van der Waals surface area contributed by atoms with Crippen LogP contribution in [-0.2, 0) is 4.79 Å². The molecule has 1 aromatic carbocycles. The van der Waals surface area contributed by atoms with E-state index in [1.54, 1.807) is 13.3 Å². The molecule has 0 saturated heterocycles. The van der Waals surface area contributed by atoms with Crippen LogP contribution in [-0.4, -0.2) is 34.8 Å². The highest BCUT2D eigenvalue weighted by molar-refractivity contribution is 5.71. The van der Waals surface area contributed by atoms with Gasteiger partial charge in [-0.15, -0.1) is 0 Å². The highest BCUT2D eigenvalue weighted by atomic mass is 16.5. The minimum absolute atomic E-state index is 0.0608. The molecule has 0 aliphatic rings. The first-order valence-corrected chi connectivity index (χ1v) is 8.58. The van der Waals surface area contributed by atoms with Gasteiger partial charge in [0.2, 0.25) is 5.88 Å². The van der Waals surface area contributed by atoms with Crippen LogP contribution in [0.5, 0.6) is 11.6 Å². The Hall–Kier alpha value is -3.41. The van der Waals surface area contributed by atoms with Gasteiger partial charge >= 0.3 is 5.97 Å². The summed E-state index contributed by atoms with van der Waals surface area (Å²) in [6, 6.07) is 17.1. The zero-order valence-corrected chi connectivity index (χ0v) is 15.0. The molecule has 6 nitrogen and oxygen atoms in total. The lowest BCUT2D eigenvalue weighted by molar-refractivity contribution is -0.137. The van der Waals surface area contributed by atoms with Crippen LogP contribution in [0.4, 0.5) is 0 Å². The lowest BCUT2D eigenvalue weighted by Crippen LogP contribution is -2.04. The fourth-order valence-corrected chi connectivity index (χ4v) is 2.57. The lowest BCUT2D eigenvalue weighted by atomic mass is 10.0. The number of rotatable bonds is 8. The molecule has 0 bridgehead atoms. The van der Waals surface area contributed by atoms with E-state index in [1.165, 1.54) is 0 Å². The number of carboxylic acid groups (broad SMARTS) is 1. The van der Waals surface area contributed by atoms with Gasteiger partial charge in [-0.2, -0.15) is 0 Å². The average Bonchev–Trinajstić information content (AvgIpc) is 2.71. The standard InChI is InChI=1S/C21H20N2O4/c1-26-17-9-7-15(8-10-17)16-13-19(18-5-2-3-11-22-18)23-20(14-16)27-12-4-6-21(24)25/h2-3,5,7-11,13-14H,4,6,12H2,1H3,(H,24,25). The number of nitrogens with zero attached hydrogens (tertiary/aromatic N) is 2. The number of benzene rings is 1. The molecule has 0 fully saturated rings. The molecule has 6 heteroatoms. The average molecular weight is 364 g/mol. The lowest BCUT2D eigenvalue weighted by Gasteiger charge is -2.11. The maximum absolute atomic E-state index is 10.7. The van der Waals surface area contributed by atoms with Crippen LogP contribution in [0.2, 0.25) is 0 Å². The summed E-state index contributed by atoms with van der Waals surface area (Å²) in [7, 11) is 1.63. The van der Waals surface area contributed by atoms with Crippen molar-refractivity contribution in [2.75, 3.05) is 13.7 Å². The maximum Gasteiger partial charge on any atom is 0.303 e. The predicted octanol–water partition coefficient (Wildman–Crippen LogP) is 4.06. The minimum Gasteiger partial charge on any atom is -0.497 e. The van der Waals surface area contributed by atoms with Crippen LogP contribution in [0.15, 0.2) is 60.8 Å². The van der Waals surface area contributed by atoms with Crippen LogP contribution < -0.4 is 9.47 Å². The Balaban J connectivity index is 1.91. The minimum atomic E-state index is -0.840. The fraction of sp³-hybridized carbons (Fsp3) is 0.190. The highest BCUT2D eigenvalue weighted by Crippen LogP contribution is 2.29.